The second kappa shape index (κ2) is 6.90. The zero-order chi connectivity index (χ0) is 17.9. The van der Waals surface area contributed by atoms with Gasteiger partial charge >= 0.3 is 5.97 Å². The summed E-state index contributed by atoms with van der Waals surface area (Å²) >= 11 is 0. The average molecular weight is 334 g/mol. The van der Waals surface area contributed by atoms with Crippen LogP contribution in [0.1, 0.15) is 33.6 Å². The van der Waals surface area contributed by atoms with Gasteiger partial charge in [0.1, 0.15) is 12.3 Å². The number of nitrogens with zero attached hydrogens (tertiary/aromatic N) is 1. The number of anilines is 1. The number of carbonyl (C=O) groups excluding carboxylic acids is 2. The Morgan fingerprint density at radius 2 is 2.00 bits per heavy atom. The molecular weight excluding hydrogens is 312 g/mol. The minimum absolute atomic E-state index is 0.0381. The molecule has 1 aliphatic rings. The summed E-state index contributed by atoms with van der Waals surface area (Å²) in [6.07, 6.45) is -0.394. The lowest BCUT2D eigenvalue weighted by Crippen LogP contribution is -2.52. The molecule has 1 aromatic rings. The van der Waals surface area contributed by atoms with Gasteiger partial charge in [-0.15, -0.1) is 0 Å². The van der Waals surface area contributed by atoms with Gasteiger partial charge in [0.15, 0.2) is 6.10 Å². The van der Waals surface area contributed by atoms with Crippen LogP contribution >= 0.6 is 0 Å². The molecule has 1 aromatic carbocycles. The van der Waals surface area contributed by atoms with E-state index in [-0.39, 0.29) is 24.8 Å². The number of aliphatic carboxylic acids is 1. The molecule has 0 bridgehead atoms. The number of nitrogens with one attached hydrogen (secondary N) is 1. The van der Waals surface area contributed by atoms with Crippen molar-refractivity contribution in [3.05, 3.63) is 24.3 Å². The Labute approximate surface area is 140 Å². The van der Waals surface area contributed by atoms with E-state index in [1.54, 1.807) is 45.0 Å². The molecular formula is C17H22N2O5. The van der Waals surface area contributed by atoms with Crippen molar-refractivity contribution in [2.24, 2.45) is 0 Å². The molecule has 0 saturated heterocycles. The molecule has 2 rings (SSSR count). The summed E-state index contributed by atoms with van der Waals surface area (Å²) in [6, 6.07) is 7.05. The number of carboxylic acids is 1. The zero-order valence-corrected chi connectivity index (χ0v) is 14.0. The van der Waals surface area contributed by atoms with Crippen molar-refractivity contribution in [2.75, 3.05) is 11.4 Å². The lowest BCUT2D eigenvalue weighted by molar-refractivity contribution is -0.137. The van der Waals surface area contributed by atoms with Crippen LogP contribution in [-0.2, 0) is 14.4 Å². The summed E-state index contributed by atoms with van der Waals surface area (Å²) in [5, 5.41) is 11.6. The second-order valence-corrected chi connectivity index (χ2v) is 6.48. The molecule has 1 aliphatic heterocycles. The summed E-state index contributed by atoms with van der Waals surface area (Å²) in [4.78, 5) is 36.8. The quantitative estimate of drug-likeness (QED) is 0.823. The van der Waals surface area contributed by atoms with Gasteiger partial charge in [-0.25, -0.2) is 0 Å². The van der Waals surface area contributed by atoms with Gasteiger partial charge in [-0.3, -0.25) is 19.3 Å². The lowest BCUT2D eigenvalue weighted by Gasteiger charge is -2.33. The monoisotopic (exact) mass is 334 g/mol. The van der Waals surface area contributed by atoms with Crippen molar-refractivity contribution in [3.8, 4) is 5.75 Å². The maximum absolute atomic E-state index is 12.3. The van der Waals surface area contributed by atoms with Crippen molar-refractivity contribution in [1.82, 2.24) is 5.32 Å². The van der Waals surface area contributed by atoms with E-state index in [4.69, 9.17) is 9.84 Å². The van der Waals surface area contributed by atoms with E-state index in [0.29, 0.717) is 17.9 Å². The Hall–Kier alpha value is -2.57. The van der Waals surface area contributed by atoms with Crippen molar-refractivity contribution in [1.29, 1.82) is 0 Å². The van der Waals surface area contributed by atoms with Crippen LogP contribution in [0.4, 0.5) is 5.69 Å². The maximum Gasteiger partial charge on any atom is 0.303 e. The standard InChI is InChI=1S/C17H22N2O5/c1-11-16(23)19(12-6-4-5-7-13(12)24-11)10-14(20)18-17(2,3)9-8-15(21)22/h4-7,11H,8-10H2,1-3H3,(H,18,20)(H,21,22). The SMILES string of the molecule is CC1Oc2ccccc2N(CC(=O)NC(C)(C)CCC(=O)O)C1=O. The fourth-order valence-electron chi connectivity index (χ4n) is 2.56. The van der Waals surface area contributed by atoms with Crippen molar-refractivity contribution in [3.63, 3.8) is 0 Å². The van der Waals surface area contributed by atoms with Crippen LogP contribution in [0.15, 0.2) is 24.3 Å². The van der Waals surface area contributed by atoms with E-state index in [1.807, 2.05) is 0 Å². The van der Waals surface area contributed by atoms with Gasteiger partial charge < -0.3 is 15.2 Å². The number of rotatable bonds is 6. The fraction of sp³-hybridized carbons (Fsp3) is 0.471. The van der Waals surface area contributed by atoms with Crippen molar-refractivity contribution in [2.45, 2.75) is 45.3 Å². The molecule has 0 saturated carbocycles. The second-order valence-electron chi connectivity index (χ2n) is 6.48. The molecule has 2 N–H and O–H groups in total. The van der Waals surface area contributed by atoms with E-state index in [9.17, 15) is 14.4 Å². The average Bonchev–Trinajstić information content (AvgIpc) is 2.49. The molecule has 0 fully saturated rings. The molecule has 130 valence electrons. The topological polar surface area (TPSA) is 95.9 Å². The zero-order valence-electron chi connectivity index (χ0n) is 14.0. The Bertz CT molecular complexity index is 656. The molecule has 0 aliphatic carbocycles. The molecule has 24 heavy (non-hydrogen) atoms. The Balaban J connectivity index is 2.08. The molecule has 7 heteroatoms. The summed E-state index contributed by atoms with van der Waals surface area (Å²) < 4.78 is 5.53. The van der Waals surface area contributed by atoms with E-state index in [1.165, 1.54) is 4.90 Å². The van der Waals surface area contributed by atoms with Crippen LogP contribution in [0, 0.1) is 0 Å². The van der Waals surface area contributed by atoms with Crippen LogP contribution in [0.5, 0.6) is 5.75 Å². The Morgan fingerprint density at radius 1 is 1.33 bits per heavy atom. The third-order valence-electron chi connectivity index (χ3n) is 3.82. The molecule has 0 spiro atoms. The van der Waals surface area contributed by atoms with Crippen LogP contribution in [-0.4, -0.2) is 41.1 Å². The van der Waals surface area contributed by atoms with Crippen molar-refractivity contribution >= 4 is 23.5 Å². The molecule has 0 aromatic heterocycles. The number of amides is 2. The van der Waals surface area contributed by atoms with Gasteiger partial charge in [-0.1, -0.05) is 12.1 Å². The number of hydrogen-bond donors (Lipinski definition) is 2. The smallest absolute Gasteiger partial charge is 0.303 e. The van der Waals surface area contributed by atoms with Gasteiger partial charge in [0, 0.05) is 12.0 Å². The van der Waals surface area contributed by atoms with Gasteiger partial charge in [0.05, 0.1) is 5.69 Å². The minimum Gasteiger partial charge on any atom is -0.481 e. The normalized spacial score (nSPS) is 17.0. The summed E-state index contributed by atoms with van der Waals surface area (Å²) in [6.45, 7) is 5.01. The van der Waals surface area contributed by atoms with E-state index in [0.717, 1.165) is 0 Å². The largest absolute Gasteiger partial charge is 0.481 e. The first-order valence-corrected chi connectivity index (χ1v) is 7.79. The van der Waals surface area contributed by atoms with Crippen LogP contribution < -0.4 is 15.0 Å². The third-order valence-corrected chi connectivity index (χ3v) is 3.82. The fourth-order valence-corrected chi connectivity index (χ4v) is 2.56. The van der Waals surface area contributed by atoms with Crippen molar-refractivity contribution < 1.29 is 24.2 Å². The number of benzene rings is 1. The summed E-state index contributed by atoms with van der Waals surface area (Å²) in [5.41, 5.74) is -0.116. The van der Waals surface area contributed by atoms with Crippen LogP contribution in [0.2, 0.25) is 0 Å². The number of carboxylic acid groups (broad SMARTS) is 1. The van der Waals surface area contributed by atoms with Gasteiger partial charge in [-0.05, 0) is 39.3 Å². The minimum atomic E-state index is -0.913. The highest BCUT2D eigenvalue weighted by Gasteiger charge is 2.33. The summed E-state index contributed by atoms with van der Waals surface area (Å²) in [7, 11) is 0. The number of para-hydroxylation sites is 2. The number of carbonyl (C=O) groups is 3. The number of hydrogen-bond acceptors (Lipinski definition) is 4. The first-order chi connectivity index (χ1) is 11.2. The highest BCUT2D eigenvalue weighted by atomic mass is 16.5. The van der Waals surface area contributed by atoms with Crippen LogP contribution in [0.3, 0.4) is 0 Å². The lowest BCUT2D eigenvalue weighted by atomic mass is 9.98. The highest BCUT2D eigenvalue weighted by Crippen LogP contribution is 2.33. The first-order valence-electron chi connectivity index (χ1n) is 7.79. The van der Waals surface area contributed by atoms with Crippen LogP contribution in [0.25, 0.3) is 0 Å². The number of fused-ring (bicyclic) bond motifs is 1. The third kappa shape index (κ3) is 4.24. The molecule has 7 nitrogen and oxygen atoms in total. The molecule has 1 heterocycles. The van der Waals surface area contributed by atoms with Gasteiger partial charge in [-0.2, -0.15) is 0 Å². The van der Waals surface area contributed by atoms with E-state index < -0.39 is 17.6 Å². The highest BCUT2D eigenvalue weighted by molar-refractivity contribution is 6.03. The van der Waals surface area contributed by atoms with Gasteiger partial charge in [0.25, 0.3) is 5.91 Å². The molecule has 2 amide bonds. The predicted molar refractivity (Wildman–Crippen MR) is 88.0 cm³/mol. The Kier molecular flexibility index (Phi) is 5.11. The van der Waals surface area contributed by atoms with E-state index in [2.05, 4.69) is 5.32 Å². The van der Waals surface area contributed by atoms with Gasteiger partial charge in [0.2, 0.25) is 5.91 Å². The van der Waals surface area contributed by atoms with E-state index >= 15 is 0 Å². The molecule has 1 atom stereocenters. The first kappa shape index (κ1) is 17.8. The summed E-state index contributed by atoms with van der Waals surface area (Å²) in [5.74, 6) is -0.985. The number of ether oxygens (including phenoxy) is 1. The maximum atomic E-state index is 12.3. The molecule has 1 unspecified atom stereocenters. The Morgan fingerprint density at radius 3 is 2.67 bits per heavy atom. The molecule has 0 radical (unpaired) electrons. The predicted octanol–water partition coefficient (Wildman–Crippen LogP) is 1.56.